The van der Waals surface area contributed by atoms with Crippen molar-refractivity contribution in [3.8, 4) is 0 Å². The molecular weight excluding hydrogens is 524 g/mol. The number of benzene rings is 1. The number of likely N-dealkylation sites (N-methyl/N-ethyl adjacent to an activating group) is 1. The van der Waals surface area contributed by atoms with Gasteiger partial charge in [-0.2, -0.15) is 0 Å². The van der Waals surface area contributed by atoms with Gasteiger partial charge in [0.2, 0.25) is 11.8 Å². The van der Waals surface area contributed by atoms with Crippen LogP contribution in [0.2, 0.25) is 0 Å². The summed E-state index contributed by atoms with van der Waals surface area (Å²) in [6.07, 6.45) is 1.91. The Hall–Kier alpha value is -4.27. The number of nitrogens with one attached hydrogen (secondary N) is 3. The summed E-state index contributed by atoms with van der Waals surface area (Å²) in [5.41, 5.74) is 3.99. The summed E-state index contributed by atoms with van der Waals surface area (Å²) in [5.74, 6) is -4.28. The van der Waals surface area contributed by atoms with Crippen LogP contribution in [0.5, 0.6) is 0 Å². The van der Waals surface area contributed by atoms with Gasteiger partial charge in [-0.15, -0.1) is 0 Å². The molecule has 40 heavy (non-hydrogen) atoms. The average Bonchev–Trinajstić information content (AvgIpc) is 2.83. The van der Waals surface area contributed by atoms with Crippen LogP contribution in [-0.4, -0.2) is 126 Å². The molecule has 0 radical (unpaired) electrons. The summed E-state index contributed by atoms with van der Waals surface area (Å²) < 4.78 is 0. The SMILES string of the molecule is C=C1C=C(C)c2ccc(NC(=O)CN(CCN(CCN(CC(=O)O)CC(=O)NC)CC(=O)O)CC(=O)O)cc2N1. The van der Waals surface area contributed by atoms with E-state index in [9.17, 15) is 34.2 Å². The van der Waals surface area contributed by atoms with Crippen LogP contribution in [-0.2, 0) is 24.0 Å². The molecule has 0 saturated heterocycles. The maximum atomic E-state index is 12.8. The van der Waals surface area contributed by atoms with Gasteiger partial charge in [-0.1, -0.05) is 12.6 Å². The largest absolute Gasteiger partial charge is 0.480 e. The second-order valence-corrected chi connectivity index (χ2v) is 9.34. The number of nitrogens with zero attached hydrogens (tertiary/aromatic N) is 3. The molecular formula is C26H36N6O8. The highest BCUT2D eigenvalue weighted by molar-refractivity contribution is 5.94. The van der Waals surface area contributed by atoms with Crippen LogP contribution in [0.4, 0.5) is 11.4 Å². The molecule has 0 unspecified atom stereocenters. The molecule has 14 nitrogen and oxygen atoms in total. The second-order valence-electron chi connectivity index (χ2n) is 9.34. The van der Waals surface area contributed by atoms with E-state index in [4.69, 9.17) is 5.11 Å². The minimum atomic E-state index is -1.16. The molecule has 14 heteroatoms. The van der Waals surface area contributed by atoms with Crippen LogP contribution in [0.25, 0.3) is 5.57 Å². The minimum absolute atomic E-state index is 0.0525. The first-order chi connectivity index (χ1) is 18.9. The molecule has 0 atom stereocenters. The summed E-state index contributed by atoms with van der Waals surface area (Å²) in [4.78, 5) is 62.7. The van der Waals surface area contributed by atoms with Gasteiger partial charge in [-0.05, 0) is 30.7 Å². The average molecular weight is 561 g/mol. The maximum Gasteiger partial charge on any atom is 0.317 e. The fourth-order valence-electron chi connectivity index (χ4n) is 4.14. The molecule has 1 aromatic carbocycles. The molecule has 1 aliphatic rings. The molecule has 2 amide bonds. The van der Waals surface area contributed by atoms with E-state index in [0.717, 1.165) is 16.8 Å². The number of rotatable bonds is 17. The Bertz CT molecular complexity index is 1170. The summed E-state index contributed by atoms with van der Waals surface area (Å²) in [5, 5.41) is 36.1. The minimum Gasteiger partial charge on any atom is -0.480 e. The number of hydrogen-bond donors (Lipinski definition) is 6. The number of aliphatic carboxylic acids is 3. The van der Waals surface area contributed by atoms with E-state index in [-0.39, 0.29) is 39.3 Å². The highest BCUT2D eigenvalue weighted by Crippen LogP contribution is 2.32. The summed E-state index contributed by atoms with van der Waals surface area (Å²) in [6, 6.07) is 5.35. The smallest absolute Gasteiger partial charge is 0.317 e. The van der Waals surface area contributed by atoms with E-state index in [0.29, 0.717) is 11.4 Å². The van der Waals surface area contributed by atoms with Gasteiger partial charge in [0.25, 0.3) is 0 Å². The topological polar surface area (TPSA) is 192 Å². The third kappa shape index (κ3) is 11.2. The predicted molar refractivity (Wildman–Crippen MR) is 148 cm³/mol. The van der Waals surface area contributed by atoms with Crippen LogP contribution >= 0.6 is 0 Å². The third-order valence-corrected chi connectivity index (χ3v) is 5.97. The molecule has 1 heterocycles. The van der Waals surface area contributed by atoms with Crippen molar-refractivity contribution in [3.05, 3.63) is 42.1 Å². The molecule has 1 aromatic rings. The van der Waals surface area contributed by atoms with Crippen molar-refractivity contribution in [1.82, 2.24) is 20.0 Å². The fraction of sp³-hybridized carbons (Fsp3) is 0.423. The lowest BCUT2D eigenvalue weighted by molar-refractivity contribution is -0.141. The summed E-state index contributed by atoms with van der Waals surface area (Å²) >= 11 is 0. The third-order valence-electron chi connectivity index (χ3n) is 5.97. The van der Waals surface area contributed by atoms with Crippen LogP contribution in [0, 0.1) is 0 Å². The molecule has 0 spiro atoms. The van der Waals surface area contributed by atoms with Gasteiger partial charge >= 0.3 is 17.9 Å². The van der Waals surface area contributed by atoms with Gasteiger partial charge in [0.15, 0.2) is 0 Å². The zero-order valence-corrected chi connectivity index (χ0v) is 22.6. The first kappa shape index (κ1) is 31.9. The monoisotopic (exact) mass is 560 g/mol. The van der Waals surface area contributed by atoms with E-state index in [2.05, 4.69) is 22.5 Å². The van der Waals surface area contributed by atoms with Crippen LogP contribution < -0.4 is 16.0 Å². The van der Waals surface area contributed by atoms with Gasteiger partial charge in [-0.3, -0.25) is 38.7 Å². The number of fused-ring (bicyclic) bond motifs is 1. The quantitative estimate of drug-likeness (QED) is 0.148. The standard InChI is InChI=1S/C26H36N6O8/c1-17-10-18(2)28-21-11-19(4-5-20(17)21)29-23(34)13-32(16-26(39)40)9-7-30(14-24(35)36)6-8-31(15-25(37)38)12-22(33)27-3/h4-5,10-11,28H,2,6-9,12-16H2,1,3H3,(H,27,33)(H,29,34)(H,35,36)(H,37,38)(H,39,40). The van der Waals surface area contributed by atoms with Crippen molar-refractivity contribution in [3.63, 3.8) is 0 Å². The molecule has 0 aromatic heterocycles. The maximum absolute atomic E-state index is 12.8. The number of allylic oxidation sites excluding steroid dienone is 2. The first-order valence-electron chi connectivity index (χ1n) is 12.5. The molecule has 218 valence electrons. The van der Waals surface area contributed by atoms with Crippen molar-refractivity contribution in [2.24, 2.45) is 0 Å². The van der Waals surface area contributed by atoms with Crippen molar-refractivity contribution in [1.29, 1.82) is 0 Å². The number of carbonyl (C=O) groups excluding carboxylic acids is 2. The lowest BCUT2D eigenvalue weighted by atomic mass is 10.0. The molecule has 2 rings (SSSR count). The lowest BCUT2D eigenvalue weighted by Crippen LogP contribution is -2.46. The summed E-state index contributed by atoms with van der Waals surface area (Å²) in [7, 11) is 1.42. The number of carbonyl (C=O) groups is 5. The highest BCUT2D eigenvalue weighted by Gasteiger charge is 2.20. The molecule has 0 aliphatic carbocycles. The predicted octanol–water partition coefficient (Wildman–Crippen LogP) is -0.127. The highest BCUT2D eigenvalue weighted by atomic mass is 16.4. The van der Waals surface area contributed by atoms with Crippen molar-refractivity contribution < 1.29 is 39.3 Å². The van der Waals surface area contributed by atoms with Gasteiger partial charge < -0.3 is 31.3 Å². The van der Waals surface area contributed by atoms with E-state index < -0.39 is 49.4 Å². The second kappa shape index (κ2) is 15.4. The number of carboxylic acids is 3. The first-order valence-corrected chi connectivity index (χ1v) is 12.5. The number of amides is 2. The van der Waals surface area contributed by atoms with Crippen LogP contribution in [0.3, 0.4) is 0 Å². The van der Waals surface area contributed by atoms with Crippen molar-refractivity contribution in [2.45, 2.75) is 6.92 Å². The van der Waals surface area contributed by atoms with Crippen molar-refractivity contribution in [2.75, 3.05) is 76.6 Å². The number of anilines is 2. The Kier molecular flexibility index (Phi) is 12.3. The Morgan fingerprint density at radius 3 is 1.82 bits per heavy atom. The molecule has 0 saturated carbocycles. The Labute approximate surface area is 231 Å². The van der Waals surface area contributed by atoms with E-state index in [1.54, 1.807) is 12.1 Å². The Morgan fingerprint density at radius 2 is 1.30 bits per heavy atom. The molecule has 6 N–H and O–H groups in total. The van der Waals surface area contributed by atoms with E-state index in [1.165, 1.54) is 21.7 Å². The summed E-state index contributed by atoms with van der Waals surface area (Å²) in [6.45, 7) is 4.47. The van der Waals surface area contributed by atoms with Gasteiger partial charge in [-0.25, -0.2) is 0 Å². The van der Waals surface area contributed by atoms with Crippen molar-refractivity contribution >= 4 is 46.7 Å². The fourth-order valence-corrected chi connectivity index (χ4v) is 4.14. The zero-order valence-electron chi connectivity index (χ0n) is 22.6. The van der Waals surface area contributed by atoms with Crippen LogP contribution in [0.1, 0.15) is 12.5 Å². The molecule has 0 bridgehead atoms. The van der Waals surface area contributed by atoms with Crippen LogP contribution in [0.15, 0.2) is 36.6 Å². The normalized spacial score (nSPS) is 12.5. The Balaban J connectivity index is 2.02. The molecule has 0 fully saturated rings. The zero-order chi connectivity index (χ0) is 29.8. The van der Waals surface area contributed by atoms with E-state index in [1.807, 2.05) is 19.1 Å². The van der Waals surface area contributed by atoms with Gasteiger partial charge in [0.1, 0.15) is 0 Å². The number of hydrogen-bond acceptors (Lipinski definition) is 9. The van der Waals surface area contributed by atoms with Gasteiger partial charge in [0.05, 0.1) is 32.7 Å². The van der Waals surface area contributed by atoms with E-state index >= 15 is 0 Å². The Morgan fingerprint density at radius 1 is 0.800 bits per heavy atom. The number of carboxylic acid groups (broad SMARTS) is 3. The van der Waals surface area contributed by atoms with Gasteiger partial charge in [0, 0.05) is 55.9 Å². The molecule has 1 aliphatic heterocycles. The lowest BCUT2D eigenvalue weighted by Gasteiger charge is -2.28.